The highest BCUT2D eigenvalue weighted by Crippen LogP contribution is 2.22. The maximum Gasteiger partial charge on any atom is 0.391 e. The third-order valence-electron chi connectivity index (χ3n) is 1.90. The van der Waals surface area contributed by atoms with Gasteiger partial charge in [0, 0.05) is 6.04 Å². The average molecular weight is 252 g/mol. The third kappa shape index (κ3) is 5.53. The fourth-order valence-electron chi connectivity index (χ4n) is 1.22. The lowest BCUT2D eigenvalue weighted by molar-refractivity contribution is -0.136. The Labute approximate surface area is 96.8 Å². The van der Waals surface area contributed by atoms with Crippen molar-refractivity contribution in [3.63, 3.8) is 0 Å². The molecule has 0 saturated heterocycles. The van der Waals surface area contributed by atoms with E-state index in [4.69, 9.17) is 4.42 Å². The van der Waals surface area contributed by atoms with Crippen LogP contribution in [0.4, 0.5) is 19.2 Å². The molecule has 0 amide bonds. The Kier molecular flexibility index (Phi) is 4.73. The van der Waals surface area contributed by atoms with Gasteiger partial charge in [-0.3, -0.25) is 0 Å². The molecule has 98 valence electrons. The summed E-state index contributed by atoms with van der Waals surface area (Å²) in [6.45, 7) is 4.47. The van der Waals surface area contributed by atoms with Gasteiger partial charge in [0.2, 0.25) is 5.89 Å². The Hall–Kier alpha value is -1.31. The summed E-state index contributed by atoms with van der Waals surface area (Å²) in [7, 11) is 0. The molecule has 0 aliphatic heterocycles. The first-order chi connectivity index (χ1) is 7.90. The molecule has 8 heteroatoms. The first kappa shape index (κ1) is 13.8. The monoisotopic (exact) mass is 252 g/mol. The second-order valence-electron chi connectivity index (χ2n) is 3.65. The van der Waals surface area contributed by atoms with Crippen LogP contribution in [0.1, 0.15) is 26.2 Å². The minimum atomic E-state index is -4.21. The van der Waals surface area contributed by atoms with E-state index in [9.17, 15) is 13.2 Å². The van der Waals surface area contributed by atoms with E-state index in [1.165, 1.54) is 6.92 Å². The maximum atomic E-state index is 12.1. The molecule has 5 nitrogen and oxygen atoms in total. The number of rotatable bonds is 6. The van der Waals surface area contributed by atoms with Gasteiger partial charge in [0.1, 0.15) is 0 Å². The van der Waals surface area contributed by atoms with Crippen molar-refractivity contribution in [2.24, 2.45) is 0 Å². The Balaban J connectivity index is 2.43. The molecular weight excluding hydrogens is 237 g/mol. The van der Waals surface area contributed by atoms with Gasteiger partial charge in [0.25, 0.3) is 0 Å². The predicted octanol–water partition coefficient (Wildman–Crippen LogP) is 1.93. The molecule has 0 saturated carbocycles. The highest BCUT2D eigenvalue weighted by molar-refractivity contribution is 5.18. The maximum absolute atomic E-state index is 12.1. The Morgan fingerprint density at radius 1 is 1.35 bits per heavy atom. The van der Waals surface area contributed by atoms with Crippen LogP contribution in [0, 0.1) is 0 Å². The Morgan fingerprint density at radius 2 is 2.06 bits per heavy atom. The lowest BCUT2D eigenvalue weighted by atomic mass is 10.2. The fraction of sp³-hybridized carbons (Fsp3) is 0.778. The van der Waals surface area contributed by atoms with Crippen LogP contribution >= 0.6 is 0 Å². The number of hydrogen-bond donors (Lipinski definition) is 2. The van der Waals surface area contributed by atoms with Crippen LogP contribution in [0.3, 0.4) is 0 Å². The quantitative estimate of drug-likeness (QED) is 0.810. The normalized spacial score (nSPS) is 13.7. The number of halogens is 3. The van der Waals surface area contributed by atoms with E-state index in [2.05, 4.69) is 20.8 Å². The number of aromatic nitrogens is 2. The van der Waals surface area contributed by atoms with Gasteiger partial charge in [-0.2, -0.15) is 13.2 Å². The Bertz CT molecular complexity index is 339. The van der Waals surface area contributed by atoms with Crippen LogP contribution < -0.4 is 10.6 Å². The smallest absolute Gasteiger partial charge is 0.391 e. The van der Waals surface area contributed by atoms with Gasteiger partial charge < -0.3 is 15.1 Å². The van der Waals surface area contributed by atoms with Gasteiger partial charge in [-0.1, -0.05) is 12.0 Å². The molecule has 0 spiro atoms. The summed E-state index contributed by atoms with van der Waals surface area (Å²) in [5, 5.41) is 12.8. The second-order valence-corrected chi connectivity index (χ2v) is 3.65. The zero-order valence-electron chi connectivity index (χ0n) is 9.64. The summed E-state index contributed by atoms with van der Waals surface area (Å²) in [4.78, 5) is 0. The largest absolute Gasteiger partial charge is 0.407 e. The molecule has 0 aliphatic carbocycles. The van der Waals surface area contributed by atoms with Crippen molar-refractivity contribution in [3.8, 4) is 0 Å². The molecular formula is C9H15F3N4O. The molecule has 17 heavy (non-hydrogen) atoms. The highest BCUT2D eigenvalue weighted by Gasteiger charge is 2.30. The first-order valence-corrected chi connectivity index (χ1v) is 5.27. The summed E-state index contributed by atoms with van der Waals surface area (Å²) in [6, 6.07) is -0.794. The van der Waals surface area contributed by atoms with Gasteiger partial charge in [0.05, 0.1) is 13.0 Å². The lowest BCUT2D eigenvalue weighted by Gasteiger charge is -2.13. The van der Waals surface area contributed by atoms with Crippen molar-refractivity contribution >= 4 is 6.01 Å². The molecule has 0 aromatic carbocycles. The van der Waals surface area contributed by atoms with Crippen LogP contribution in [-0.2, 0) is 6.54 Å². The molecule has 1 heterocycles. The summed E-state index contributed by atoms with van der Waals surface area (Å²) in [5.74, 6) is 0.341. The first-order valence-electron chi connectivity index (χ1n) is 5.27. The van der Waals surface area contributed by atoms with E-state index in [0.29, 0.717) is 12.4 Å². The summed E-state index contributed by atoms with van der Waals surface area (Å²) in [6.07, 6.45) is -5.16. The van der Waals surface area contributed by atoms with Crippen molar-refractivity contribution in [1.82, 2.24) is 15.5 Å². The van der Waals surface area contributed by atoms with E-state index < -0.39 is 18.6 Å². The van der Waals surface area contributed by atoms with E-state index in [-0.39, 0.29) is 6.01 Å². The molecule has 0 bridgehead atoms. The van der Waals surface area contributed by atoms with Gasteiger partial charge >= 0.3 is 12.2 Å². The lowest BCUT2D eigenvalue weighted by Crippen LogP contribution is -2.23. The van der Waals surface area contributed by atoms with Crippen molar-refractivity contribution in [2.45, 2.75) is 39.0 Å². The summed E-state index contributed by atoms with van der Waals surface area (Å²) >= 11 is 0. The molecule has 0 aliphatic rings. The van der Waals surface area contributed by atoms with E-state index in [1.807, 2.05) is 6.92 Å². The zero-order chi connectivity index (χ0) is 12.9. The number of alkyl halides is 3. The summed E-state index contributed by atoms with van der Waals surface area (Å²) in [5.41, 5.74) is 0. The molecule has 1 aromatic rings. The van der Waals surface area contributed by atoms with Crippen LogP contribution in [0.2, 0.25) is 0 Å². The van der Waals surface area contributed by atoms with E-state index >= 15 is 0 Å². The molecule has 1 aromatic heterocycles. The molecule has 0 radical (unpaired) electrons. The van der Waals surface area contributed by atoms with Crippen molar-refractivity contribution in [1.29, 1.82) is 0 Å². The SMILES string of the molecule is CCNCc1nnc(NC(C)CC(F)(F)F)o1. The van der Waals surface area contributed by atoms with E-state index in [1.54, 1.807) is 0 Å². The van der Waals surface area contributed by atoms with Crippen molar-refractivity contribution in [2.75, 3.05) is 11.9 Å². The highest BCUT2D eigenvalue weighted by atomic mass is 19.4. The predicted molar refractivity (Wildman–Crippen MR) is 55.4 cm³/mol. The third-order valence-corrected chi connectivity index (χ3v) is 1.90. The number of nitrogens with zero attached hydrogens (tertiary/aromatic N) is 2. The average Bonchev–Trinajstić information content (AvgIpc) is 2.59. The van der Waals surface area contributed by atoms with Crippen molar-refractivity contribution < 1.29 is 17.6 Å². The topological polar surface area (TPSA) is 63.0 Å². The van der Waals surface area contributed by atoms with Gasteiger partial charge in [-0.25, -0.2) is 0 Å². The molecule has 1 unspecified atom stereocenters. The van der Waals surface area contributed by atoms with Gasteiger partial charge in [0.15, 0.2) is 0 Å². The zero-order valence-corrected chi connectivity index (χ0v) is 9.64. The molecule has 0 fully saturated rings. The van der Waals surface area contributed by atoms with Crippen molar-refractivity contribution in [3.05, 3.63) is 5.89 Å². The van der Waals surface area contributed by atoms with Crippen LogP contribution in [-0.4, -0.2) is 29.0 Å². The molecule has 2 N–H and O–H groups in total. The molecule has 1 rings (SSSR count). The number of hydrogen-bond acceptors (Lipinski definition) is 5. The number of nitrogens with one attached hydrogen (secondary N) is 2. The van der Waals surface area contributed by atoms with Crippen LogP contribution in [0.15, 0.2) is 4.42 Å². The minimum absolute atomic E-state index is 0.00894. The summed E-state index contributed by atoms with van der Waals surface area (Å²) < 4.78 is 41.3. The number of anilines is 1. The van der Waals surface area contributed by atoms with Crippen LogP contribution in [0.5, 0.6) is 0 Å². The standard InChI is InChI=1S/C9H15F3N4O/c1-3-13-5-7-15-16-8(17-7)14-6(2)4-9(10,11)12/h6,13H,3-5H2,1-2H3,(H,14,16). The molecule has 1 atom stereocenters. The second kappa shape index (κ2) is 5.85. The Morgan fingerprint density at radius 3 is 2.65 bits per heavy atom. The fourth-order valence-corrected chi connectivity index (χ4v) is 1.22. The van der Waals surface area contributed by atoms with Gasteiger partial charge in [-0.05, 0) is 13.5 Å². The minimum Gasteiger partial charge on any atom is -0.407 e. The van der Waals surface area contributed by atoms with E-state index in [0.717, 1.165) is 6.54 Å². The van der Waals surface area contributed by atoms with Crippen LogP contribution in [0.25, 0.3) is 0 Å². The van der Waals surface area contributed by atoms with Gasteiger partial charge in [-0.15, -0.1) is 5.10 Å².